The van der Waals surface area contributed by atoms with Gasteiger partial charge in [0.2, 0.25) is 0 Å². The maximum absolute atomic E-state index is 12.4. The van der Waals surface area contributed by atoms with Crippen molar-refractivity contribution in [3.63, 3.8) is 0 Å². The van der Waals surface area contributed by atoms with E-state index in [-0.39, 0.29) is 36.8 Å². The van der Waals surface area contributed by atoms with Crippen molar-refractivity contribution in [2.75, 3.05) is 30.7 Å². The molecular formula is C21H29Cl2N3O3. The van der Waals surface area contributed by atoms with Gasteiger partial charge in [-0.1, -0.05) is 12.1 Å². The lowest BCUT2D eigenvalue weighted by molar-refractivity contribution is 0.0407. The van der Waals surface area contributed by atoms with Crippen LogP contribution in [0.4, 0.5) is 11.4 Å². The van der Waals surface area contributed by atoms with Gasteiger partial charge in [0, 0.05) is 25.2 Å². The third-order valence-corrected chi connectivity index (χ3v) is 4.47. The summed E-state index contributed by atoms with van der Waals surface area (Å²) in [5.41, 5.74) is 6.83. The summed E-state index contributed by atoms with van der Waals surface area (Å²) in [6.07, 6.45) is 1.02. The summed E-state index contributed by atoms with van der Waals surface area (Å²) in [6, 6.07) is 14.3. The largest absolute Gasteiger partial charge is 0.489 e. The Morgan fingerprint density at radius 3 is 2.48 bits per heavy atom. The molecule has 0 aliphatic carbocycles. The second kappa shape index (κ2) is 10.7. The standard InChI is InChI=1S/C21H27N3O3.2ClH/c1-21(2,26)14-24-12-11-17(13-24)27-16-9-7-15(8-10-16)20(25)23-19-6-4-3-5-18(19)22;;/h3-10,17,26H,11-14,22H2,1-2H3,(H,23,25);2*1H/t17-;;/m1../s1. The van der Waals surface area contributed by atoms with Crippen molar-refractivity contribution in [3.05, 3.63) is 54.1 Å². The summed E-state index contributed by atoms with van der Waals surface area (Å²) in [4.78, 5) is 14.6. The molecule has 1 aliphatic rings. The summed E-state index contributed by atoms with van der Waals surface area (Å²) in [5.74, 6) is 0.526. The fourth-order valence-electron chi connectivity index (χ4n) is 3.27. The Balaban J connectivity index is 0.00000210. The SMILES string of the molecule is CC(C)(O)CN1CC[C@@H](Oc2ccc(C(=O)Nc3ccccc3N)cc2)C1.Cl.Cl. The van der Waals surface area contributed by atoms with E-state index < -0.39 is 5.60 Å². The lowest BCUT2D eigenvalue weighted by Gasteiger charge is -2.25. The molecule has 0 spiro atoms. The molecule has 0 aromatic heterocycles. The first-order chi connectivity index (χ1) is 12.8. The van der Waals surface area contributed by atoms with Crippen molar-refractivity contribution < 1.29 is 14.6 Å². The summed E-state index contributed by atoms with van der Waals surface area (Å²) < 4.78 is 6.02. The van der Waals surface area contributed by atoms with Gasteiger partial charge in [-0.25, -0.2) is 0 Å². The minimum Gasteiger partial charge on any atom is -0.489 e. The van der Waals surface area contributed by atoms with Gasteiger partial charge in [0.05, 0.1) is 17.0 Å². The Morgan fingerprint density at radius 2 is 1.86 bits per heavy atom. The summed E-state index contributed by atoms with van der Waals surface area (Å²) in [6.45, 7) is 5.96. The number of likely N-dealkylation sites (tertiary alicyclic amines) is 1. The fraction of sp³-hybridized carbons (Fsp3) is 0.381. The first kappa shape index (κ1) is 25.0. The van der Waals surface area contributed by atoms with Crippen LogP contribution in [-0.4, -0.2) is 47.3 Å². The molecule has 1 amide bonds. The number of rotatable bonds is 6. The third kappa shape index (κ3) is 7.40. The summed E-state index contributed by atoms with van der Waals surface area (Å²) in [7, 11) is 0. The second-order valence-corrected chi connectivity index (χ2v) is 7.64. The van der Waals surface area contributed by atoms with Gasteiger partial charge in [-0.3, -0.25) is 9.69 Å². The van der Waals surface area contributed by atoms with Gasteiger partial charge in [0.15, 0.2) is 0 Å². The minimum absolute atomic E-state index is 0. The van der Waals surface area contributed by atoms with Crippen molar-refractivity contribution in [2.45, 2.75) is 32.0 Å². The van der Waals surface area contributed by atoms with Crippen LogP contribution in [-0.2, 0) is 0 Å². The molecule has 3 rings (SSSR count). The van der Waals surface area contributed by atoms with Crippen LogP contribution >= 0.6 is 24.8 Å². The van der Waals surface area contributed by atoms with Crippen molar-refractivity contribution in [3.8, 4) is 5.75 Å². The molecule has 160 valence electrons. The van der Waals surface area contributed by atoms with E-state index in [0.717, 1.165) is 25.3 Å². The van der Waals surface area contributed by atoms with Gasteiger partial charge in [0.25, 0.3) is 5.91 Å². The average Bonchev–Trinajstić information content (AvgIpc) is 3.02. The molecule has 1 saturated heterocycles. The predicted octanol–water partition coefficient (Wildman–Crippen LogP) is 3.59. The van der Waals surface area contributed by atoms with E-state index in [9.17, 15) is 9.90 Å². The van der Waals surface area contributed by atoms with E-state index in [1.54, 1.807) is 24.3 Å². The zero-order valence-electron chi connectivity index (χ0n) is 16.6. The number of ether oxygens (including phenoxy) is 1. The number of nitrogens with zero attached hydrogens (tertiary/aromatic N) is 1. The number of para-hydroxylation sites is 2. The van der Waals surface area contributed by atoms with Crippen LogP contribution in [0.15, 0.2) is 48.5 Å². The van der Waals surface area contributed by atoms with Crippen molar-refractivity contribution in [1.29, 1.82) is 0 Å². The molecule has 2 aromatic carbocycles. The number of nitrogen functional groups attached to an aromatic ring is 1. The smallest absolute Gasteiger partial charge is 0.255 e. The van der Waals surface area contributed by atoms with Crippen LogP contribution in [0.2, 0.25) is 0 Å². The number of β-amino-alcohol motifs (C(OH)–C–C–N with tert-alkyl or cyclic N) is 1. The number of nitrogens with one attached hydrogen (secondary N) is 1. The monoisotopic (exact) mass is 441 g/mol. The van der Waals surface area contributed by atoms with Crippen LogP contribution in [0.5, 0.6) is 5.75 Å². The topological polar surface area (TPSA) is 87.8 Å². The van der Waals surface area contributed by atoms with E-state index in [1.807, 2.05) is 38.1 Å². The molecule has 1 fully saturated rings. The van der Waals surface area contributed by atoms with Gasteiger partial charge in [-0.15, -0.1) is 24.8 Å². The number of amides is 1. The van der Waals surface area contributed by atoms with Crippen LogP contribution in [0.3, 0.4) is 0 Å². The Bertz CT molecular complexity index is 795. The normalized spacial score (nSPS) is 16.4. The van der Waals surface area contributed by atoms with Crippen molar-refractivity contribution in [2.24, 2.45) is 0 Å². The van der Waals surface area contributed by atoms with E-state index in [0.29, 0.717) is 23.5 Å². The molecule has 1 heterocycles. The van der Waals surface area contributed by atoms with Crippen LogP contribution in [0, 0.1) is 0 Å². The first-order valence-electron chi connectivity index (χ1n) is 9.17. The molecule has 4 N–H and O–H groups in total. The molecule has 0 radical (unpaired) electrons. The first-order valence-corrected chi connectivity index (χ1v) is 9.17. The Labute approximate surface area is 184 Å². The minimum atomic E-state index is -0.702. The molecule has 0 saturated carbocycles. The van der Waals surface area contributed by atoms with Crippen LogP contribution in [0.25, 0.3) is 0 Å². The van der Waals surface area contributed by atoms with Crippen molar-refractivity contribution in [1.82, 2.24) is 4.90 Å². The molecule has 0 bridgehead atoms. The lowest BCUT2D eigenvalue weighted by atomic mass is 10.1. The highest BCUT2D eigenvalue weighted by Gasteiger charge is 2.27. The summed E-state index contributed by atoms with van der Waals surface area (Å²) >= 11 is 0. The average molecular weight is 442 g/mol. The molecule has 2 aromatic rings. The zero-order chi connectivity index (χ0) is 19.4. The van der Waals surface area contributed by atoms with E-state index in [1.165, 1.54) is 0 Å². The quantitative estimate of drug-likeness (QED) is 0.596. The predicted molar refractivity (Wildman–Crippen MR) is 122 cm³/mol. The van der Waals surface area contributed by atoms with Crippen molar-refractivity contribution >= 4 is 42.1 Å². The number of anilines is 2. The Kier molecular flexibility index (Phi) is 9.23. The summed E-state index contributed by atoms with van der Waals surface area (Å²) in [5, 5.41) is 12.7. The van der Waals surface area contributed by atoms with Gasteiger partial charge in [-0.2, -0.15) is 0 Å². The van der Waals surface area contributed by atoms with Gasteiger partial charge < -0.3 is 20.9 Å². The fourth-order valence-corrected chi connectivity index (χ4v) is 3.27. The van der Waals surface area contributed by atoms with E-state index in [2.05, 4.69) is 10.2 Å². The Hall–Kier alpha value is -1.99. The number of nitrogens with two attached hydrogens (primary N) is 1. The number of hydrogen-bond acceptors (Lipinski definition) is 5. The number of carbonyl (C=O) groups excluding carboxylic acids is 1. The number of benzene rings is 2. The highest BCUT2D eigenvalue weighted by atomic mass is 35.5. The van der Waals surface area contributed by atoms with E-state index >= 15 is 0 Å². The molecular weight excluding hydrogens is 413 g/mol. The number of aliphatic hydroxyl groups is 1. The Morgan fingerprint density at radius 1 is 1.21 bits per heavy atom. The maximum Gasteiger partial charge on any atom is 0.255 e. The number of halogens is 2. The van der Waals surface area contributed by atoms with E-state index in [4.69, 9.17) is 10.5 Å². The molecule has 1 atom stereocenters. The van der Waals surface area contributed by atoms with Crippen LogP contribution < -0.4 is 15.8 Å². The molecule has 0 unspecified atom stereocenters. The number of hydrogen-bond donors (Lipinski definition) is 3. The highest BCUT2D eigenvalue weighted by molar-refractivity contribution is 6.05. The molecule has 8 heteroatoms. The highest BCUT2D eigenvalue weighted by Crippen LogP contribution is 2.22. The van der Waals surface area contributed by atoms with Crippen LogP contribution in [0.1, 0.15) is 30.6 Å². The third-order valence-electron chi connectivity index (χ3n) is 4.47. The van der Waals surface area contributed by atoms with Gasteiger partial charge >= 0.3 is 0 Å². The maximum atomic E-state index is 12.4. The zero-order valence-corrected chi connectivity index (χ0v) is 18.3. The second-order valence-electron chi connectivity index (χ2n) is 7.64. The lowest BCUT2D eigenvalue weighted by Crippen LogP contribution is -2.38. The molecule has 29 heavy (non-hydrogen) atoms. The number of carbonyl (C=O) groups is 1. The molecule has 1 aliphatic heterocycles. The molecule has 6 nitrogen and oxygen atoms in total. The van der Waals surface area contributed by atoms with Gasteiger partial charge in [-0.05, 0) is 56.7 Å². The van der Waals surface area contributed by atoms with Gasteiger partial charge in [0.1, 0.15) is 11.9 Å².